The molecule has 0 radical (unpaired) electrons. The van der Waals surface area contributed by atoms with Gasteiger partial charge in [-0.05, 0) is 6.07 Å². The number of halogens is 6. The molecule has 3 N–H and O–H groups in total. The lowest BCUT2D eigenvalue weighted by Crippen LogP contribution is -2.24. The quantitative estimate of drug-likeness (QED) is 0.836. The van der Waals surface area contributed by atoms with Crippen LogP contribution in [0.25, 0.3) is 0 Å². The Balaban J connectivity index is 3.61. The molecule has 1 aromatic rings. The van der Waals surface area contributed by atoms with E-state index in [1.165, 1.54) is 0 Å². The van der Waals surface area contributed by atoms with E-state index < -0.39 is 47.8 Å². The van der Waals surface area contributed by atoms with Crippen LogP contribution in [0.5, 0.6) is 5.75 Å². The molecule has 112 valence electrons. The molecular weight excluding hydrogens is 298 g/mol. The summed E-state index contributed by atoms with van der Waals surface area (Å²) in [4.78, 5) is 13.6. The SMILES string of the molecule is NCc1cc(C(=O)O)c(OC(F)(F)F)c(C(F)(F)F)n1. The second-order valence-corrected chi connectivity index (χ2v) is 3.39. The Labute approximate surface area is 107 Å². The number of pyridine rings is 1. The Morgan fingerprint density at radius 3 is 2.20 bits per heavy atom. The van der Waals surface area contributed by atoms with Crippen LogP contribution in [0.2, 0.25) is 0 Å². The standard InChI is InChI=1S/C9H6F6N2O3/c10-8(11,12)6-5(20-9(13,14)15)4(7(18)19)1-3(2-16)17-6/h1H,2,16H2,(H,18,19). The first-order valence-corrected chi connectivity index (χ1v) is 4.76. The fourth-order valence-corrected chi connectivity index (χ4v) is 1.26. The first-order valence-electron chi connectivity index (χ1n) is 4.76. The van der Waals surface area contributed by atoms with Gasteiger partial charge >= 0.3 is 18.5 Å². The molecule has 0 aliphatic carbocycles. The van der Waals surface area contributed by atoms with Gasteiger partial charge in [-0.1, -0.05) is 0 Å². The molecule has 0 atom stereocenters. The molecule has 0 saturated carbocycles. The molecule has 11 heteroatoms. The number of ether oxygens (including phenoxy) is 1. The maximum atomic E-state index is 12.6. The number of alkyl halides is 6. The second-order valence-electron chi connectivity index (χ2n) is 3.39. The fourth-order valence-electron chi connectivity index (χ4n) is 1.26. The van der Waals surface area contributed by atoms with Gasteiger partial charge < -0.3 is 15.6 Å². The summed E-state index contributed by atoms with van der Waals surface area (Å²) in [6.07, 6.45) is -10.8. The predicted molar refractivity (Wildman–Crippen MR) is 50.8 cm³/mol. The molecule has 0 unspecified atom stereocenters. The summed E-state index contributed by atoms with van der Waals surface area (Å²) < 4.78 is 77.4. The van der Waals surface area contributed by atoms with Gasteiger partial charge in [-0.15, -0.1) is 13.2 Å². The van der Waals surface area contributed by atoms with Crippen molar-refractivity contribution in [3.63, 3.8) is 0 Å². The van der Waals surface area contributed by atoms with E-state index >= 15 is 0 Å². The molecule has 0 saturated heterocycles. The van der Waals surface area contributed by atoms with Crippen LogP contribution in [-0.4, -0.2) is 22.4 Å². The summed E-state index contributed by atoms with van der Waals surface area (Å²) in [6.45, 7) is -0.588. The number of carboxylic acids is 1. The largest absolute Gasteiger partial charge is 0.573 e. The lowest BCUT2D eigenvalue weighted by Gasteiger charge is -2.17. The van der Waals surface area contributed by atoms with Crippen molar-refractivity contribution in [2.45, 2.75) is 19.1 Å². The van der Waals surface area contributed by atoms with Gasteiger partial charge in [0.25, 0.3) is 0 Å². The topological polar surface area (TPSA) is 85.4 Å². The summed E-state index contributed by atoms with van der Waals surface area (Å²) >= 11 is 0. The fraction of sp³-hybridized carbons (Fsp3) is 0.333. The lowest BCUT2D eigenvalue weighted by atomic mass is 10.1. The Morgan fingerprint density at radius 1 is 1.30 bits per heavy atom. The van der Waals surface area contributed by atoms with Crippen molar-refractivity contribution in [3.8, 4) is 5.75 Å². The molecule has 0 spiro atoms. The van der Waals surface area contributed by atoms with Crippen LogP contribution >= 0.6 is 0 Å². The predicted octanol–water partition coefficient (Wildman–Crippen LogP) is 2.16. The summed E-state index contributed by atoms with van der Waals surface area (Å²) in [6, 6.07) is 0.485. The van der Waals surface area contributed by atoms with Gasteiger partial charge in [0.15, 0.2) is 11.4 Å². The Kier molecular flexibility index (Phi) is 4.12. The number of carbonyl (C=O) groups is 1. The molecule has 5 nitrogen and oxygen atoms in total. The van der Waals surface area contributed by atoms with Crippen LogP contribution in [0.15, 0.2) is 6.07 Å². The zero-order chi connectivity index (χ0) is 15.7. The zero-order valence-electron chi connectivity index (χ0n) is 9.34. The van der Waals surface area contributed by atoms with Gasteiger partial charge in [-0.25, -0.2) is 9.78 Å². The monoisotopic (exact) mass is 304 g/mol. The first-order chi connectivity index (χ1) is 8.95. The molecule has 0 bridgehead atoms. The number of nitrogens with two attached hydrogens (primary N) is 1. The average molecular weight is 304 g/mol. The van der Waals surface area contributed by atoms with Crippen molar-refractivity contribution >= 4 is 5.97 Å². The lowest BCUT2D eigenvalue weighted by molar-refractivity contribution is -0.276. The van der Waals surface area contributed by atoms with Crippen LogP contribution in [0, 0.1) is 0 Å². The molecule has 1 aromatic heterocycles. The second kappa shape index (κ2) is 5.15. The summed E-state index contributed by atoms with van der Waals surface area (Å²) in [5.41, 5.74) is 1.05. The number of aromatic nitrogens is 1. The molecule has 0 amide bonds. The highest BCUT2D eigenvalue weighted by Gasteiger charge is 2.43. The molecule has 0 aliphatic rings. The maximum Gasteiger partial charge on any atom is 0.573 e. The van der Waals surface area contributed by atoms with Gasteiger partial charge in [-0.3, -0.25) is 0 Å². The third-order valence-electron chi connectivity index (χ3n) is 1.95. The number of nitrogens with zero attached hydrogens (tertiary/aromatic N) is 1. The van der Waals surface area contributed by atoms with Crippen LogP contribution in [0.1, 0.15) is 21.7 Å². The third-order valence-corrected chi connectivity index (χ3v) is 1.95. The normalized spacial score (nSPS) is 12.3. The first kappa shape index (κ1) is 16.0. The highest BCUT2D eigenvalue weighted by molar-refractivity contribution is 5.91. The van der Waals surface area contributed by atoms with Crippen molar-refractivity contribution in [3.05, 3.63) is 23.0 Å². The number of rotatable bonds is 3. The number of aromatic carboxylic acids is 1. The Bertz CT molecular complexity index is 526. The summed E-state index contributed by atoms with van der Waals surface area (Å²) in [7, 11) is 0. The summed E-state index contributed by atoms with van der Waals surface area (Å²) in [5, 5.41) is 8.69. The van der Waals surface area contributed by atoms with E-state index in [1.807, 2.05) is 0 Å². The minimum atomic E-state index is -5.50. The molecule has 1 rings (SSSR count). The highest BCUT2D eigenvalue weighted by Crippen LogP contribution is 2.39. The van der Waals surface area contributed by atoms with Crippen molar-refractivity contribution in [1.82, 2.24) is 4.98 Å². The molecule has 0 aromatic carbocycles. The zero-order valence-corrected chi connectivity index (χ0v) is 9.34. The van der Waals surface area contributed by atoms with E-state index in [4.69, 9.17) is 10.8 Å². The van der Waals surface area contributed by atoms with Crippen LogP contribution < -0.4 is 10.5 Å². The third kappa shape index (κ3) is 3.73. The maximum absolute atomic E-state index is 12.6. The van der Waals surface area contributed by atoms with Crippen molar-refractivity contribution in [2.24, 2.45) is 5.73 Å². The van der Waals surface area contributed by atoms with Crippen LogP contribution in [0.3, 0.4) is 0 Å². The van der Waals surface area contributed by atoms with Crippen molar-refractivity contribution in [1.29, 1.82) is 0 Å². The van der Waals surface area contributed by atoms with E-state index in [1.54, 1.807) is 0 Å². The van der Waals surface area contributed by atoms with Gasteiger partial charge in [0.2, 0.25) is 0 Å². The molecule has 1 heterocycles. The molecule has 20 heavy (non-hydrogen) atoms. The highest BCUT2D eigenvalue weighted by atomic mass is 19.4. The Hall–Kier alpha value is -2.04. The van der Waals surface area contributed by atoms with Crippen LogP contribution in [0.4, 0.5) is 26.3 Å². The van der Waals surface area contributed by atoms with Crippen molar-refractivity contribution in [2.75, 3.05) is 0 Å². The summed E-state index contributed by atoms with van der Waals surface area (Å²) in [5.74, 6) is -3.96. The number of carboxylic acid groups (broad SMARTS) is 1. The van der Waals surface area contributed by atoms with E-state index in [0.29, 0.717) is 6.07 Å². The van der Waals surface area contributed by atoms with Crippen LogP contribution in [-0.2, 0) is 12.7 Å². The van der Waals surface area contributed by atoms with E-state index in [0.717, 1.165) is 0 Å². The molecular formula is C9H6F6N2O3. The number of hydrogen-bond acceptors (Lipinski definition) is 4. The smallest absolute Gasteiger partial charge is 0.478 e. The van der Waals surface area contributed by atoms with Gasteiger partial charge in [-0.2, -0.15) is 13.2 Å². The van der Waals surface area contributed by atoms with E-state index in [2.05, 4.69) is 9.72 Å². The molecule has 0 fully saturated rings. The van der Waals surface area contributed by atoms with Gasteiger partial charge in [0.1, 0.15) is 5.56 Å². The van der Waals surface area contributed by atoms with Gasteiger partial charge in [0, 0.05) is 6.54 Å². The van der Waals surface area contributed by atoms with Gasteiger partial charge in [0.05, 0.1) is 5.69 Å². The van der Waals surface area contributed by atoms with E-state index in [-0.39, 0.29) is 0 Å². The minimum absolute atomic E-state index is 0.485. The van der Waals surface area contributed by atoms with E-state index in [9.17, 15) is 31.1 Å². The van der Waals surface area contributed by atoms with Crippen molar-refractivity contribution < 1.29 is 41.0 Å². The number of hydrogen-bond donors (Lipinski definition) is 2. The molecule has 0 aliphatic heterocycles. The average Bonchev–Trinajstić information content (AvgIpc) is 2.25. The Morgan fingerprint density at radius 2 is 1.85 bits per heavy atom. The minimum Gasteiger partial charge on any atom is -0.478 e.